The Morgan fingerprint density at radius 2 is 1.81 bits per heavy atom. The summed E-state index contributed by atoms with van der Waals surface area (Å²) in [5, 5.41) is 4.81. The van der Waals surface area contributed by atoms with E-state index in [9.17, 15) is 31.1 Å². The standard InChI is InChI=1S/C30H34F6N4O2S/c1-5-6-10-25(40(37)15-18(2)20(4)38-14-21-11-12-24-26(13-21)43-17-39-24)19(3)16-42-28(41)27-22(29(31,32)33)8-7-9-23(27)30(34,35)36/h7-9,11-13,15,17,20,25,38H,3,5-6,10,14,16,37H2,1-2,4H3/b18-15+. The number of hydrogen-bond donors (Lipinski definition) is 2. The Balaban J connectivity index is 1.71. The minimum atomic E-state index is -5.20. The van der Waals surface area contributed by atoms with Gasteiger partial charge in [-0.25, -0.2) is 15.6 Å². The Hall–Kier alpha value is -3.42. The molecule has 234 valence electrons. The van der Waals surface area contributed by atoms with Gasteiger partial charge >= 0.3 is 18.3 Å². The lowest BCUT2D eigenvalue weighted by atomic mass is 9.99. The summed E-state index contributed by atoms with van der Waals surface area (Å²) in [5.74, 6) is 4.61. The summed E-state index contributed by atoms with van der Waals surface area (Å²) >= 11 is 1.56. The second kappa shape index (κ2) is 14.4. The molecule has 1 heterocycles. The minimum Gasteiger partial charge on any atom is -0.457 e. The molecule has 0 saturated heterocycles. The molecule has 2 atom stereocenters. The predicted molar refractivity (Wildman–Crippen MR) is 155 cm³/mol. The van der Waals surface area contributed by atoms with E-state index in [1.54, 1.807) is 23.0 Å². The number of hydrazine groups is 1. The zero-order chi connectivity index (χ0) is 31.9. The Morgan fingerprint density at radius 3 is 2.42 bits per heavy atom. The predicted octanol–water partition coefficient (Wildman–Crippen LogP) is 7.86. The Morgan fingerprint density at radius 1 is 1.16 bits per heavy atom. The highest BCUT2D eigenvalue weighted by atomic mass is 32.1. The van der Waals surface area contributed by atoms with Gasteiger partial charge in [0.2, 0.25) is 0 Å². The van der Waals surface area contributed by atoms with Gasteiger partial charge in [0.1, 0.15) is 6.61 Å². The van der Waals surface area contributed by atoms with E-state index in [0.717, 1.165) is 27.8 Å². The van der Waals surface area contributed by atoms with Crippen LogP contribution in [0.1, 0.15) is 67.1 Å². The summed E-state index contributed by atoms with van der Waals surface area (Å²) < 4.78 is 87.1. The van der Waals surface area contributed by atoms with Crippen LogP contribution in [0, 0.1) is 0 Å². The number of esters is 1. The number of unbranched alkanes of at least 4 members (excludes halogenated alkanes) is 1. The smallest absolute Gasteiger partial charge is 0.417 e. The first-order valence-electron chi connectivity index (χ1n) is 13.5. The molecule has 0 radical (unpaired) electrons. The van der Waals surface area contributed by atoms with E-state index in [4.69, 9.17) is 10.6 Å². The van der Waals surface area contributed by atoms with Crippen molar-refractivity contribution in [2.75, 3.05) is 6.61 Å². The van der Waals surface area contributed by atoms with E-state index in [0.29, 0.717) is 37.6 Å². The van der Waals surface area contributed by atoms with E-state index in [-0.39, 0.29) is 11.6 Å². The van der Waals surface area contributed by atoms with Gasteiger partial charge in [0, 0.05) is 18.8 Å². The number of alkyl halides is 6. The fourth-order valence-electron chi connectivity index (χ4n) is 4.41. The number of benzene rings is 2. The minimum absolute atomic E-state index is 0.0965. The molecule has 0 amide bonds. The van der Waals surface area contributed by atoms with Crippen LogP contribution >= 0.6 is 11.3 Å². The number of thiazole rings is 1. The quantitative estimate of drug-likeness (QED) is 0.0660. The second-order valence-corrected chi connectivity index (χ2v) is 11.1. The lowest BCUT2D eigenvalue weighted by molar-refractivity contribution is -0.144. The largest absolute Gasteiger partial charge is 0.457 e. The van der Waals surface area contributed by atoms with Crippen LogP contribution in [0.3, 0.4) is 0 Å². The average molecular weight is 629 g/mol. The van der Waals surface area contributed by atoms with E-state index < -0.39 is 47.7 Å². The first-order chi connectivity index (χ1) is 20.1. The summed E-state index contributed by atoms with van der Waals surface area (Å²) in [4.78, 5) is 16.9. The summed E-state index contributed by atoms with van der Waals surface area (Å²) in [6.07, 6.45) is -6.76. The van der Waals surface area contributed by atoms with Crippen LogP contribution in [0.25, 0.3) is 10.2 Å². The summed E-state index contributed by atoms with van der Waals surface area (Å²) in [5.41, 5.74) is -0.149. The average Bonchev–Trinajstić information content (AvgIpc) is 3.41. The normalized spacial score (nSPS) is 14.0. The number of aromatic nitrogens is 1. The molecule has 0 fully saturated rings. The van der Waals surface area contributed by atoms with Crippen molar-refractivity contribution < 1.29 is 35.9 Å². The van der Waals surface area contributed by atoms with Crippen molar-refractivity contribution in [2.45, 2.75) is 71.0 Å². The number of nitrogens with zero attached hydrogens (tertiary/aromatic N) is 2. The zero-order valence-electron chi connectivity index (χ0n) is 24.0. The molecule has 2 unspecified atom stereocenters. The summed E-state index contributed by atoms with van der Waals surface area (Å²) in [6.45, 7) is 9.64. The van der Waals surface area contributed by atoms with Gasteiger partial charge in [0.05, 0.1) is 38.5 Å². The lowest BCUT2D eigenvalue weighted by Crippen LogP contribution is -2.40. The van der Waals surface area contributed by atoms with E-state index in [1.165, 1.54) is 5.01 Å². The summed E-state index contributed by atoms with van der Waals surface area (Å²) in [7, 11) is 0. The molecule has 43 heavy (non-hydrogen) atoms. The van der Waals surface area contributed by atoms with E-state index in [2.05, 4.69) is 22.9 Å². The lowest BCUT2D eigenvalue weighted by Gasteiger charge is -2.30. The molecule has 6 nitrogen and oxygen atoms in total. The highest BCUT2D eigenvalue weighted by molar-refractivity contribution is 7.16. The first-order valence-corrected chi connectivity index (χ1v) is 14.4. The number of carbonyl (C=O) groups is 1. The van der Waals surface area contributed by atoms with Crippen LogP contribution in [-0.2, 0) is 23.6 Å². The maximum atomic E-state index is 13.5. The molecule has 13 heteroatoms. The number of ether oxygens (including phenoxy) is 1. The van der Waals surface area contributed by atoms with Crippen LogP contribution < -0.4 is 11.2 Å². The topological polar surface area (TPSA) is 80.5 Å². The van der Waals surface area contributed by atoms with Crippen molar-refractivity contribution >= 4 is 27.5 Å². The summed E-state index contributed by atoms with van der Waals surface area (Å²) in [6, 6.07) is 6.74. The molecule has 0 aliphatic heterocycles. The van der Waals surface area contributed by atoms with E-state index >= 15 is 0 Å². The third kappa shape index (κ3) is 9.04. The van der Waals surface area contributed by atoms with Crippen molar-refractivity contribution in [3.8, 4) is 0 Å². The number of fused-ring (bicyclic) bond motifs is 1. The monoisotopic (exact) mass is 628 g/mol. The SMILES string of the molecule is C=C(COC(=O)c1c(C(F)(F)F)cccc1C(F)(F)F)C(CCCC)N(N)/C=C(\C)C(C)NCc1ccc2ncsc2c1. The Kier molecular flexibility index (Phi) is 11.4. The van der Waals surface area contributed by atoms with Gasteiger partial charge in [-0.1, -0.05) is 38.5 Å². The molecule has 3 N–H and O–H groups in total. The van der Waals surface area contributed by atoms with Crippen molar-refractivity contribution in [1.29, 1.82) is 0 Å². The zero-order valence-corrected chi connectivity index (χ0v) is 24.8. The molecule has 0 bridgehead atoms. The second-order valence-electron chi connectivity index (χ2n) is 10.2. The van der Waals surface area contributed by atoms with Crippen molar-refractivity contribution in [1.82, 2.24) is 15.3 Å². The van der Waals surface area contributed by atoms with Crippen LogP contribution in [0.4, 0.5) is 26.3 Å². The number of halogens is 6. The van der Waals surface area contributed by atoms with Crippen molar-refractivity contribution in [3.63, 3.8) is 0 Å². The van der Waals surface area contributed by atoms with Gasteiger partial charge in [0.25, 0.3) is 0 Å². The highest BCUT2D eigenvalue weighted by Crippen LogP contribution is 2.39. The molecule has 0 spiro atoms. The molecule has 0 aliphatic carbocycles. The Labute approximate surface area is 250 Å². The van der Waals surface area contributed by atoms with Gasteiger partial charge in [-0.05, 0) is 61.2 Å². The molecule has 2 aromatic carbocycles. The van der Waals surface area contributed by atoms with Crippen LogP contribution in [0.15, 0.2) is 65.8 Å². The van der Waals surface area contributed by atoms with E-state index in [1.807, 2.05) is 32.9 Å². The van der Waals surface area contributed by atoms with Gasteiger partial charge in [-0.2, -0.15) is 26.3 Å². The number of carbonyl (C=O) groups excluding carboxylic acids is 1. The maximum Gasteiger partial charge on any atom is 0.417 e. The molecule has 1 aromatic heterocycles. The first kappa shape index (κ1) is 34.1. The number of nitrogens with two attached hydrogens (primary N) is 1. The molecule has 0 aliphatic rings. The Bertz CT molecular complexity index is 1420. The molecule has 3 aromatic rings. The number of rotatable bonds is 13. The number of nitrogens with one attached hydrogen (secondary N) is 1. The molecule has 3 rings (SSSR count). The van der Waals surface area contributed by atoms with Gasteiger partial charge < -0.3 is 15.1 Å². The van der Waals surface area contributed by atoms with Crippen LogP contribution in [0.5, 0.6) is 0 Å². The van der Waals surface area contributed by atoms with Gasteiger partial charge in [0.15, 0.2) is 0 Å². The van der Waals surface area contributed by atoms with Gasteiger partial charge in [-0.15, -0.1) is 11.3 Å². The third-order valence-electron chi connectivity index (χ3n) is 6.97. The van der Waals surface area contributed by atoms with Gasteiger partial charge in [-0.3, -0.25) is 0 Å². The van der Waals surface area contributed by atoms with Crippen molar-refractivity contribution in [2.24, 2.45) is 5.84 Å². The fraction of sp³-hybridized carbons (Fsp3) is 0.400. The molecular formula is C30H34F6N4O2S. The van der Waals surface area contributed by atoms with Crippen LogP contribution in [-0.4, -0.2) is 34.7 Å². The van der Waals surface area contributed by atoms with Crippen LogP contribution in [0.2, 0.25) is 0 Å². The number of hydrogen-bond acceptors (Lipinski definition) is 7. The molecular weight excluding hydrogens is 594 g/mol. The fourth-order valence-corrected chi connectivity index (χ4v) is 5.15. The molecule has 0 saturated carbocycles. The third-order valence-corrected chi connectivity index (χ3v) is 7.77. The highest BCUT2D eigenvalue weighted by Gasteiger charge is 2.43. The maximum absolute atomic E-state index is 13.5. The van der Waals surface area contributed by atoms with Crippen molar-refractivity contribution in [3.05, 3.63) is 88.1 Å².